The molecule has 0 saturated carbocycles. The lowest BCUT2D eigenvalue weighted by Crippen LogP contribution is -2.33. The lowest BCUT2D eigenvalue weighted by molar-refractivity contribution is -0.119. The minimum atomic E-state index is -0.619. The number of methoxy groups -OCH3 is 1. The first kappa shape index (κ1) is 16.9. The second-order valence-corrected chi connectivity index (χ2v) is 7.13. The van der Waals surface area contributed by atoms with E-state index in [9.17, 15) is 15.2 Å². The molecule has 0 spiro atoms. The van der Waals surface area contributed by atoms with Crippen molar-refractivity contribution in [3.05, 3.63) is 46.6 Å². The molecule has 2 aliphatic rings. The number of rotatable bonds is 2. The van der Waals surface area contributed by atoms with Crippen molar-refractivity contribution in [2.45, 2.75) is 32.6 Å². The standard InChI is InChI=1S/C19H20N2O4/c1-19(2)7-13(23)17-15(8-19)25-18(21)11(9-20)16(17)10-4-5-12(22)14(6-10)24-3/h4-6,16,22H,7-8,21H2,1-3H3. The third-order valence-corrected chi connectivity index (χ3v) is 4.61. The molecule has 1 aliphatic heterocycles. The maximum absolute atomic E-state index is 12.8. The molecule has 1 atom stereocenters. The quantitative estimate of drug-likeness (QED) is 0.857. The van der Waals surface area contributed by atoms with Crippen LogP contribution >= 0.6 is 0 Å². The van der Waals surface area contributed by atoms with Crippen LogP contribution in [0, 0.1) is 16.7 Å². The van der Waals surface area contributed by atoms with Gasteiger partial charge < -0.3 is 20.3 Å². The predicted octanol–water partition coefficient (Wildman–Crippen LogP) is 2.85. The van der Waals surface area contributed by atoms with Gasteiger partial charge in [0.25, 0.3) is 0 Å². The molecule has 0 bridgehead atoms. The number of phenolic OH excluding ortho intramolecular Hbond substituents is 1. The Balaban J connectivity index is 2.19. The van der Waals surface area contributed by atoms with E-state index in [4.69, 9.17) is 15.2 Å². The average Bonchev–Trinajstić information content (AvgIpc) is 2.53. The van der Waals surface area contributed by atoms with E-state index < -0.39 is 5.92 Å². The van der Waals surface area contributed by atoms with Gasteiger partial charge in [-0.3, -0.25) is 4.79 Å². The van der Waals surface area contributed by atoms with Crippen molar-refractivity contribution < 1.29 is 19.4 Å². The van der Waals surface area contributed by atoms with Crippen LogP contribution in [0.15, 0.2) is 41.0 Å². The summed E-state index contributed by atoms with van der Waals surface area (Å²) in [6.07, 6.45) is 0.943. The molecule has 6 nitrogen and oxygen atoms in total. The molecule has 1 unspecified atom stereocenters. The fourth-order valence-corrected chi connectivity index (χ4v) is 3.49. The van der Waals surface area contributed by atoms with Crippen molar-refractivity contribution >= 4 is 5.78 Å². The number of carbonyl (C=O) groups excluding carboxylic acids is 1. The SMILES string of the molecule is COc1cc(C2C(C#N)=C(N)OC3=C2C(=O)CC(C)(C)C3)ccc1O. The smallest absolute Gasteiger partial charge is 0.205 e. The van der Waals surface area contributed by atoms with Gasteiger partial charge in [0, 0.05) is 18.4 Å². The summed E-state index contributed by atoms with van der Waals surface area (Å²) in [5.74, 6) is 0.124. The summed E-state index contributed by atoms with van der Waals surface area (Å²) in [4.78, 5) is 12.8. The molecule has 0 radical (unpaired) electrons. The number of phenols is 1. The molecule has 0 fully saturated rings. The van der Waals surface area contributed by atoms with E-state index in [1.54, 1.807) is 12.1 Å². The molecule has 1 heterocycles. The summed E-state index contributed by atoms with van der Waals surface area (Å²) in [6, 6.07) is 6.83. The first-order valence-corrected chi connectivity index (χ1v) is 7.98. The highest BCUT2D eigenvalue weighted by atomic mass is 16.5. The van der Waals surface area contributed by atoms with Crippen molar-refractivity contribution in [2.75, 3.05) is 7.11 Å². The number of Topliss-reactive ketones (excluding diaryl/α,β-unsaturated/α-hetero) is 1. The van der Waals surface area contributed by atoms with E-state index in [2.05, 4.69) is 6.07 Å². The second kappa shape index (κ2) is 5.85. The Kier molecular flexibility index (Phi) is 3.96. The summed E-state index contributed by atoms with van der Waals surface area (Å²) >= 11 is 0. The number of hydrogen-bond acceptors (Lipinski definition) is 6. The maximum atomic E-state index is 12.8. The van der Waals surface area contributed by atoms with Gasteiger partial charge in [-0.2, -0.15) is 5.26 Å². The molecule has 3 N–H and O–H groups in total. The Labute approximate surface area is 146 Å². The van der Waals surface area contributed by atoms with Crippen LogP contribution in [-0.4, -0.2) is 18.0 Å². The summed E-state index contributed by atoms with van der Waals surface area (Å²) in [7, 11) is 1.44. The van der Waals surface area contributed by atoms with Crippen LogP contribution in [0.2, 0.25) is 0 Å². The van der Waals surface area contributed by atoms with Crippen molar-refractivity contribution in [3.8, 4) is 17.6 Å². The van der Waals surface area contributed by atoms with Crippen LogP contribution in [-0.2, 0) is 9.53 Å². The largest absolute Gasteiger partial charge is 0.504 e. The number of nitriles is 1. The number of benzene rings is 1. The Morgan fingerprint density at radius 1 is 1.40 bits per heavy atom. The summed E-state index contributed by atoms with van der Waals surface area (Å²) in [5, 5.41) is 19.4. The lowest BCUT2D eigenvalue weighted by Gasteiger charge is -2.37. The molecule has 0 saturated heterocycles. The van der Waals surface area contributed by atoms with Crippen molar-refractivity contribution in [1.29, 1.82) is 5.26 Å². The van der Waals surface area contributed by atoms with E-state index in [1.807, 2.05) is 13.8 Å². The normalized spacial score (nSPS) is 22.2. The third kappa shape index (κ3) is 2.82. The molecule has 0 aromatic heterocycles. The lowest BCUT2D eigenvalue weighted by atomic mass is 9.70. The van der Waals surface area contributed by atoms with Crippen LogP contribution in [0.1, 0.15) is 38.2 Å². The van der Waals surface area contributed by atoms with Gasteiger partial charge in [-0.05, 0) is 23.1 Å². The monoisotopic (exact) mass is 340 g/mol. The molecule has 1 aromatic carbocycles. The fourth-order valence-electron chi connectivity index (χ4n) is 3.49. The molecule has 6 heteroatoms. The Bertz CT molecular complexity index is 859. The highest BCUT2D eigenvalue weighted by Crippen LogP contribution is 2.48. The van der Waals surface area contributed by atoms with Crippen LogP contribution < -0.4 is 10.5 Å². The van der Waals surface area contributed by atoms with E-state index in [-0.39, 0.29) is 34.2 Å². The highest BCUT2D eigenvalue weighted by molar-refractivity contribution is 6.00. The number of hydrogen-bond donors (Lipinski definition) is 2. The molecular weight excluding hydrogens is 320 g/mol. The van der Waals surface area contributed by atoms with E-state index in [0.717, 1.165) is 0 Å². The first-order chi connectivity index (χ1) is 11.8. The Morgan fingerprint density at radius 2 is 2.12 bits per heavy atom. The molecule has 25 heavy (non-hydrogen) atoms. The van der Waals surface area contributed by atoms with Gasteiger partial charge in [-0.15, -0.1) is 0 Å². The number of aromatic hydroxyl groups is 1. The first-order valence-electron chi connectivity index (χ1n) is 7.98. The van der Waals surface area contributed by atoms with E-state index in [1.165, 1.54) is 13.2 Å². The van der Waals surface area contributed by atoms with E-state index in [0.29, 0.717) is 29.7 Å². The number of ketones is 1. The number of ether oxygens (including phenoxy) is 2. The Hall–Kier alpha value is -2.94. The fraction of sp³-hybridized carbons (Fsp3) is 0.368. The van der Waals surface area contributed by atoms with Crippen LogP contribution in [0.5, 0.6) is 11.5 Å². The maximum Gasteiger partial charge on any atom is 0.205 e. The second-order valence-electron chi connectivity index (χ2n) is 7.13. The van der Waals surface area contributed by atoms with Gasteiger partial charge in [-0.25, -0.2) is 0 Å². The minimum Gasteiger partial charge on any atom is -0.504 e. The molecule has 1 aromatic rings. The zero-order valence-electron chi connectivity index (χ0n) is 14.4. The van der Waals surface area contributed by atoms with Crippen LogP contribution in [0.25, 0.3) is 0 Å². The van der Waals surface area contributed by atoms with Crippen LogP contribution in [0.3, 0.4) is 0 Å². The summed E-state index contributed by atoms with van der Waals surface area (Å²) in [5.41, 5.74) is 7.06. The topological polar surface area (TPSA) is 106 Å². The number of nitrogens with two attached hydrogens (primary N) is 1. The summed E-state index contributed by atoms with van der Waals surface area (Å²) in [6.45, 7) is 3.99. The van der Waals surface area contributed by atoms with Gasteiger partial charge >= 0.3 is 0 Å². The number of allylic oxidation sites excluding steroid dienone is 3. The van der Waals surface area contributed by atoms with Gasteiger partial charge in [0.15, 0.2) is 17.3 Å². The molecular formula is C19H20N2O4. The van der Waals surface area contributed by atoms with Crippen molar-refractivity contribution in [1.82, 2.24) is 0 Å². The minimum absolute atomic E-state index is 0.0147. The third-order valence-electron chi connectivity index (χ3n) is 4.61. The number of carbonyl (C=O) groups is 1. The predicted molar refractivity (Wildman–Crippen MR) is 90.4 cm³/mol. The van der Waals surface area contributed by atoms with Crippen molar-refractivity contribution in [3.63, 3.8) is 0 Å². The van der Waals surface area contributed by atoms with Gasteiger partial charge in [-0.1, -0.05) is 19.9 Å². The van der Waals surface area contributed by atoms with E-state index >= 15 is 0 Å². The van der Waals surface area contributed by atoms with Crippen molar-refractivity contribution in [2.24, 2.45) is 11.1 Å². The molecule has 1 aliphatic carbocycles. The zero-order valence-corrected chi connectivity index (χ0v) is 14.4. The Morgan fingerprint density at radius 3 is 2.76 bits per heavy atom. The van der Waals surface area contributed by atoms with Gasteiger partial charge in [0.2, 0.25) is 5.88 Å². The average molecular weight is 340 g/mol. The van der Waals surface area contributed by atoms with Gasteiger partial charge in [0.05, 0.1) is 13.0 Å². The summed E-state index contributed by atoms with van der Waals surface area (Å²) < 4.78 is 10.8. The molecule has 3 rings (SSSR count). The number of nitrogens with zero attached hydrogens (tertiary/aromatic N) is 1. The zero-order chi connectivity index (χ0) is 18.4. The highest BCUT2D eigenvalue weighted by Gasteiger charge is 2.43. The molecule has 130 valence electrons. The van der Waals surface area contributed by atoms with Gasteiger partial charge in [0.1, 0.15) is 17.4 Å². The molecule has 0 amide bonds. The van der Waals surface area contributed by atoms with Crippen LogP contribution in [0.4, 0.5) is 0 Å².